The van der Waals surface area contributed by atoms with Gasteiger partial charge in [0.05, 0.1) is 0 Å². The molecule has 6 heteroatoms. The Kier molecular flexibility index (Phi) is 6.97. The van der Waals surface area contributed by atoms with E-state index in [0.717, 1.165) is 57.8 Å². The first-order valence-corrected chi connectivity index (χ1v) is 16.1. The Hall–Kier alpha value is -1.43. The normalized spacial score (nSPS) is 51.3. The highest BCUT2D eigenvalue weighted by Crippen LogP contribution is 2.78. The van der Waals surface area contributed by atoms with E-state index < -0.39 is 23.0 Å². The smallest absolute Gasteiger partial charge is 0.346 e. The van der Waals surface area contributed by atoms with Gasteiger partial charge in [-0.25, -0.2) is 4.79 Å². The van der Waals surface area contributed by atoms with Crippen LogP contribution < -0.4 is 5.73 Å². The Morgan fingerprint density at radius 2 is 1.50 bits per heavy atom. The molecular weight excluding hydrogens is 502 g/mol. The maximum atomic E-state index is 13.6. The molecule has 40 heavy (non-hydrogen) atoms. The number of hydrogen-bond acceptors (Lipinski definition) is 5. The van der Waals surface area contributed by atoms with Crippen LogP contribution >= 0.6 is 0 Å². The molecular formula is C34H55NO5. The molecule has 11 atom stereocenters. The third kappa shape index (κ3) is 3.78. The summed E-state index contributed by atoms with van der Waals surface area (Å²) in [6, 6.07) is 0. The van der Waals surface area contributed by atoms with Crippen molar-refractivity contribution in [1.29, 1.82) is 0 Å². The SMILES string of the molecule is CC(=O)OC(=O)C1(O)CCC(C)(C)[C@@H]2CC[C@]3(C)[C@H](CC[C@@H]4[C@@H]5[C@@H](C)[C@H](C)CC[C@]5(CC(N)=O)CC[C@]43C)[C@]21C. The first-order chi connectivity index (χ1) is 18.4. The summed E-state index contributed by atoms with van der Waals surface area (Å²) in [6.45, 7) is 17.8. The number of fused-ring (bicyclic) bond motifs is 7. The van der Waals surface area contributed by atoms with Crippen molar-refractivity contribution in [3.05, 3.63) is 0 Å². The molecule has 0 aliphatic heterocycles. The van der Waals surface area contributed by atoms with Gasteiger partial charge in [-0.1, -0.05) is 48.5 Å². The summed E-state index contributed by atoms with van der Waals surface area (Å²) < 4.78 is 5.19. The van der Waals surface area contributed by atoms with Gasteiger partial charge in [-0.3, -0.25) is 9.59 Å². The third-order valence-corrected chi connectivity index (χ3v) is 15.0. The molecule has 5 fully saturated rings. The van der Waals surface area contributed by atoms with Gasteiger partial charge in [-0.2, -0.15) is 0 Å². The third-order valence-electron chi connectivity index (χ3n) is 15.0. The zero-order valence-corrected chi connectivity index (χ0v) is 26.4. The van der Waals surface area contributed by atoms with E-state index in [0.29, 0.717) is 36.5 Å². The van der Waals surface area contributed by atoms with Gasteiger partial charge in [0.2, 0.25) is 5.91 Å². The zero-order valence-electron chi connectivity index (χ0n) is 26.4. The van der Waals surface area contributed by atoms with Crippen molar-refractivity contribution in [2.45, 2.75) is 132 Å². The second-order valence-electron chi connectivity index (χ2n) is 16.6. The van der Waals surface area contributed by atoms with Crippen molar-refractivity contribution >= 4 is 17.8 Å². The quantitative estimate of drug-likeness (QED) is 0.308. The minimum atomic E-state index is -1.69. The number of ether oxygens (including phenoxy) is 1. The van der Waals surface area contributed by atoms with Gasteiger partial charge >= 0.3 is 11.9 Å². The summed E-state index contributed by atoms with van der Waals surface area (Å²) in [5.41, 5.74) is 3.43. The van der Waals surface area contributed by atoms with Crippen molar-refractivity contribution < 1.29 is 24.2 Å². The van der Waals surface area contributed by atoms with E-state index in [9.17, 15) is 19.5 Å². The number of primary amides is 1. The van der Waals surface area contributed by atoms with Gasteiger partial charge in [0.1, 0.15) is 0 Å². The molecule has 0 heterocycles. The molecule has 1 unspecified atom stereocenters. The number of hydrogen-bond donors (Lipinski definition) is 2. The molecule has 0 aromatic rings. The number of aliphatic hydroxyl groups is 1. The van der Waals surface area contributed by atoms with E-state index >= 15 is 0 Å². The molecule has 0 bridgehead atoms. The number of esters is 2. The second kappa shape index (κ2) is 9.28. The largest absolute Gasteiger partial charge is 0.391 e. The fourth-order valence-electron chi connectivity index (χ4n) is 12.6. The van der Waals surface area contributed by atoms with E-state index in [-0.39, 0.29) is 39.4 Å². The summed E-state index contributed by atoms with van der Waals surface area (Å²) >= 11 is 0. The molecule has 0 aromatic carbocycles. The van der Waals surface area contributed by atoms with E-state index in [4.69, 9.17) is 10.5 Å². The fraction of sp³-hybridized carbons (Fsp3) is 0.912. The van der Waals surface area contributed by atoms with E-state index in [1.807, 2.05) is 0 Å². The summed E-state index contributed by atoms with van der Waals surface area (Å²) in [4.78, 5) is 38.0. The number of rotatable bonds is 3. The minimum Gasteiger partial charge on any atom is -0.391 e. The van der Waals surface area contributed by atoms with Crippen molar-refractivity contribution in [3.8, 4) is 0 Å². The standard InChI is InChI=1S/C34H55NO5/c1-20-11-14-33(19-26(35)37)17-16-30(6)23(27(33)21(20)2)9-10-25-31(30,7)13-12-24-29(4,5)15-18-34(39,32(24,25)8)28(38)40-22(3)36/h20-21,23-25,27,39H,9-19H2,1-8H3,(H2,35,37)/t20-,21+,23-,24+,25+,27+,30-,31-,32+,33-,34?/m1/s1. The van der Waals surface area contributed by atoms with Crippen molar-refractivity contribution in [1.82, 2.24) is 0 Å². The van der Waals surface area contributed by atoms with Crippen molar-refractivity contribution in [2.75, 3.05) is 0 Å². The van der Waals surface area contributed by atoms with Crippen LogP contribution in [0.25, 0.3) is 0 Å². The first kappa shape index (κ1) is 30.0. The maximum Gasteiger partial charge on any atom is 0.346 e. The summed E-state index contributed by atoms with van der Waals surface area (Å²) in [5.74, 6) is 0.797. The molecule has 6 nitrogen and oxygen atoms in total. The Balaban J connectivity index is 1.61. The van der Waals surface area contributed by atoms with Gasteiger partial charge in [-0.05, 0) is 121 Å². The molecule has 3 N–H and O–H groups in total. The molecule has 5 saturated carbocycles. The van der Waals surface area contributed by atoms with E-state index in [1.54, 1.807) is 0 Å². The van der Waals surface area contributed by atoms with Crippen molar-refractivity contribution in [3.63, 3.8) is 0 Å². The van der Waals surface area contributed by atoms with Gasteiger partial charge in [-0.15, -0.1) is 0 Å². The Morgan fingerprint density at radius 1 is 0.825 bits per heavy atom. The van der Waals surface area contributed by atoms with Gasteiger partial charge in [0.15, 0.2) is 5.60 Å². The first-order valence-electron chi connectivity index (χ1n) is 16.1. The van der Waals surface area contributed by atoms with Crippen LogP contribution in [0.3, 0.4) is 0 Å². The predicted molar refractivity (Wildman–Crippen MR) is 155 cm³/mol. The monoisotopic (exact) mass is 557 g/mol. The zero-order chi connectivity index (χ0) is 29.7. The van der Waals surface area contributed by atoms with Crippen LogP contribution in [0.5, 0.6) is 0 Å². The molecule has 0 aromatic heterocycles. The molecule has 0 saturated heterocycles. The summed E-state index contributed by atoms with van der Waals surface area (Å²) in [5, 5.41) is 12.4. The Bertz CT molecular complexity index is 1090. The minimum absolute atomic E-state index is 0.00883. The van der Waals surface area contributed by atoms with Crippen LogP contribution in [0.15, 0.2) is 0 Å². The van der Waals surface area contributed by atoms with Gasteiger partial charge < -0.3 is 15.6 Å². The molecule has 5 aliphatic carbocycles. The molecule has 1 amide bonds. The summed E-state index contributed by atoms with van der Waals surface area (Å²) in [7, 11) is 0. The maximum absolute atomic E-state index is 13.6. The number of amides is 1. The molecule has 226 valence electrons. The Morgan fingerprint density at radius 3 is 2.12 bits per heavy atom. The van der Waals surface area contributed by atoms with Crippen molar-refractivity contribution in [2.24, 2.45) is 68.3 Å². The fourth-order valence-corrected chi connectivity index (χ4v) is 12.6. The lowest BCUT2D eigenvalue weighted by Crippen LogP contribution is -2.73. The lowest BCUT2D eigenvalue weighted by molar-refractivity contribution is -0.291. The Labute approximate surface area is 241 Å². The van der Waals surface area contributed by atoms with Crippen LogP contribution in [0.4, 0.5) is 0 Å². The molecule has 5 aliphatic rings. The van der Waals surface area contributed by atoms with Crippen LogP contribution in [-0.2, 0) is 19.1 Å². The van der Waals surface area contributed by atoms with E-state index in [1.165, 1.54) is 6.92 Å². The highest BCUT2D eigenvalue weighted by atomic mass is 16.6. The number of nitrogens with two attached hydrogens (primary N) is 1. The highest BCUT2D eigenvalue weighted by molar-refractivity contribution is 5.90. The predicted octanol–water partition coefficient (Wildman–Crippen LogP) is 6.42. The molecule has 5 rings (SSSR count). The van der Waals surface area contributed by atoms with Gasteiger partial charge in [0.25, 0.3) is 0 Å². The highest BCUT2D eigenvalue weighted by Gasteiger charge is 2.75. The summed E-state index contributed by atoms with van der Waals surface area (Å²) in [6.07, 6.45) is 9.88. The van der Waals surface area contributed by atoms with Gasteiger partial charge in [0, 0.05) is 18.8 Å². The average Bonchev–Trinajstić information content (AvgIpc) is 2.84. The van der Waals surface area contributed by atoms with Crippen LogP contribution in [0.1, 0.15) is 126 Å². The second-order valence-corrected chi connectivity index (χ2v) is 16.6. The van der Waals surface area contributed by atoms with Crippen LogP contribution in [0.2, 0.25) is 0 Å². The lowest BCUT2D eigenvalue weighted by Gasteiger charge is -2.75. The molecule has 0 spiro atoms. The molecule has 0 radical (unpaired) electrons. The average molecular weight is 558 g/mol. The number of carbonyl (C=O) groups is 3. The van der Waals surface area contributed by atoms with Crippen LogP contribution in [-0.4, -0.2) is 28.6 Å². The number of carbonyl (C=O) groups excluding carboxylic acids is 3. The topological polar surface area (TPSA) is 107 Å². The lowest BCUT2D eigenvalue weighted by atomic mass is 9.29. The van der Waals surface area contributed by atoms with E-state index in [2.05, 4.69) is 48.5 Å². The van der Waals surface area contributed by atoms with Crippen LogP contribution in [0, 0.1) is 62.6 Å².